The minimum absolute atomic E-state index is 0.0197. The van der Waals surface area contributed by atoms with Crippen LogP contribution in [-0.4, -0.2) is 4.98 Å². The van der Waals surface area contributed by atoms with Gasteiger partial charge in [-0.2, -0.15) is 0 Å². The van der Waals surface area contributed by atoms with E-state index in [1.165, 1.54) is 36.4 Å². The Kier molecular flexibility index (Phi) is 2.87. The molecule has 0 atom stereocenters. The highest BCUT2D eigenvalue weighted by atomic mass is 19.1. The normalized spacial score (nSPS) is 10.2. The number of hydrogen-bond acceptors (Lipinski definition) is 2. The predicted molar refractivity (Wildman–Crippen MR) is 64.1 cm³/mol. The minimum Gasteiger partial charge on any atom is -0.398 e. The molecule has 1 aromatic heterocycles. The van der Waals surface area contributed by atoms with E-state index in [4.69, 9.17) is 5.73 Å². The second-order valence-corrected chi connectivity index (χ2v) is 3.47. The molecule has 0 aliphatic carbocycles. The van der Waals surface area contributed by atoms with Gasteiger partial charge >= 0.3 is 0 Å². The molecule has 1 heterocycles. The lowest BCUT2D eigenvalue weighted by Crippen LogP contribution is -1.99. The molecule has 0 saturated heterocycles. The van der Waals surface area contributed by atoms with Gasteiger partial charge in [0.15, 0.2) is 0 Å². The van der Waals surface area contributed by atoms with Crippen molar-refractivity contribution < 1.29 is 8.78 Å². The summed E-state index contributed by atoms with van der Waals surface area (Å²) in [5.74, 6) is -1.22. The fourth-order valence-corrected chi connectivity index (χ4v) is 1.54. The van der Waals surface area contributed by atoms with E-state index in [0.29, 0.717) is 5.69 Å². The summed E-state index contributed by atoms with van der Waals surface area (Å²) in [5.41, 5.74) is 6.14. The highest BCUT2D eigenvalue weighted by Gasteiger charge is 2.14. The lowest BCUT2D eigenvalue weighted by molar-refractivity contribution is 0.612. The number of halogens is 2. The number of nitrogen functional groups attached to an aromatic ring is 1. The zero-order valence-electron chi connectivity index (χ0n) is 8.95. The topological polar surface area (TPSA) is 38.9 Å². The van der Waals surface area contributed by atoms with Gasteiger partial charge in [-0.05, 0) is 30.3 Å². The number of pyridine rings is 1. The molecule has 2 aromatic rings. The molecular formula is C13H10F2N2. The molecule has 86 valence electrons. The number of hydrogen-bond donors (Lipinski definition) is 1. The van der Waals surface area contributed by atoms with Crippen molar-refractivity contribution >= 4 is 11.8 Å². The minimum atomic E-state index is -0.618. The van der Waals surface area contributed by atoms with Crippen LogP contribution in [0.5, 0.6) is 0 Å². The van der Waals surface area contributed by atoms with Crippen molar-refractivity contribution in [3.8, 4) is 11.3 Å². The highest BCUT2D eigenvalue weighted by Crippen LogP contribution is 2.29. The first-order valence-electron chi connectivity index (χ1n) is 4.97. The molecular weight excluding hydrogens is 222 g/mol. The molecule has 0 aliphatic heterocycles. The molecule has 1 aromatic carbocycles. The molecule has 2 nitrogen and oxygen atoms in total. The van der Waals surface area contributed by atoms with Crippen molar-refractivity contribution in [2.24, 2.45) is 0 Å². The van der Waals surface area contributed by atoms with Crippen LogP contribution in [-0.2, 0) is 0 Å². The van der Waals surface area contributed by atoms with Gasteiger partial charge in [-0.25, -0.2) is 13.8 Å². The Morgan fingerprint density at radius 2 is 1.88 bits per heavy atom. The second kappa shape index (κ2) is 4.33. The summed E-state index contributed by atoms with van der Waals surface area (Å²) in [4.78, 5) is 3.97. The van der Waals surface area contributed by atoms with Crippen molar-refractivity contribution in [3.63, 3.8) is 0 Å². The number of benzene rings is 1. The van der Waals surface area contributed by atoms with Crippen LogP contribution >= 0.6 is 0 Å². The molecule has 0 fully saturated rings. The SMILES string of the molecule is C=Cc1ccc(F)c(-c2c(N)cccc2F)n1. The van der Waals surface area contributed by atoms with Crippen molar-refractivity contribution in [3.05, 3.63) is 54.2 Å². The third-order valence-corrected chi connectivity index (χ3v) is 2.36. The number of aromatic nitrogens is 1. The summed E-state index contributed by atoms with van der Waals surface area (Å²) in [6.45, 7) is 3.53. The van der Waals surface area contributed by atoms with Crippen LogP contribution in [0.25, 0.3) is 17.3 Å². The molecule has 0 amide bonds. The molecule has 4 heteroatoms. The smallest absolute Gasteiger partial charge is 0.149 e. The first kappa shape index (κ1) is 11.3. The van der Waals surface area contributed by atoms with Crippen molar-refractivity contribution in [2.45, 2.75) is 0 Å². The summed E-state index contributed by atoms with van der Waals surface area (Å²) in [7, 11) is 0. The maximum Gasteiger partial charge on any atom is 0.149 e. The summed E-state index contributed by atoms with van der Waals surface area (Å²) in [6.07, 6.45) is 1.46. The number of rotatable bonds is 2. The number of nitrogens with zero attached hydrogens (tertiary/aromatic N) is 1. The molecule has 2 rings (SSSR count). The van der Waals surface area contributed by atoms with Crippen LogP contribution in [0.2, 0.25) is 0 Å². The van der Waals surface area contributed by atoms with Crippen LogP contribution in [0, 0.1) is 11.6 Å². The van der Waals surface area contributed by atoms with Gasteiger partial charge < -0.3 is 5.73 Å². The fraction of sp³-hybridized carbons (Fsp3) is 0. The first-order valence-corrected chi connectivity index (χ1v) is 4.97. The van der Waals surface area contributed by atoms with E-state index in [9.17, 15) is 8.78 Å². The third-order valence-electron chi connectivity index (χ3n) is 2.36. The van der Waals surface area contributed by atoms with E-state index in [2.05, 4.69) is 11.6 Å². The van der Waals surface area contributed by atoms with Gasteiger partial charge in [0.25, 0.3) is 0 Å². The zero-order chi connectivity index (χ0) is 12.4. The standard InChI is InChI=1S/C13H10F2N2/c1-2-8-6-7-10(15)13(17-8)12-9(14)4-3-5-11(12)16/h2-7H,1,16H2. The van der Waals surface area contributed by atoms with Crippen LogP contribution in [0.3, 0.4) is 0 Å². The van der Waals surface area contributed by atoms with Crippen molar-refractivity contribution in [1.82, 2.24) is 4.98 Å². The Bertz CT molecular complexity index is 559. The number of nitrogens with two attached hydrogens (primary N) is 1. The van der Waals surface area contributed by atoms with E-state index in [-0.39, 0.29) is 16.9 Å². The van der Waals surface area contributed by atoms with Gasteiger partial charge in [0, 0.05) is 5.69 Å². The molecule has 0 saturated carbocycles. The third kappa shape index (κ3) is 2.01. The van der Waals surface area contributed by atoms with Gasteiger partial charge in [0.05, 0.1) is 11.3 Å². The molecule has 0 aliphatic rings. The second-order valence-electron chi connectivity index (χ2n) is 3.47. The van der Waals surface area contributed by atoms with Gasteiger partial charge in [-0.1, -0.05) is 12.6 Å². The van der Waals surface area contributed by atoms with Crippen molar-refractivity contribution in [2.75, 3.05) is 5.73 Å². The summed E-state index contributed by atoms with van der Waals surface area (Å²) in [5, 5.41) is 0. The molecule has 0 bridgehead atoms. The Labute approximate surface area is 97.4 Å². The first-order chi connectivity index (χ1) is 8.13. The maximum absolute atomic E-state index is 13.6. The Morgan fingerprint density at radius 1 is 1.12 bits per heavy atom. The van der Waals surface area contributed by atoms with E-state index < -0.39 is 11.6 Å². The molecule has 17 heavy (non-hydrogen) atoms. The van der Waals surface area contributed by atoms with Crippen LogP contribution in [0.1, 0.15) is 5.69 Å². The molecule has 0 spiro atoms. The highest BCUT2D eigenvalue weighted by molar-refractivity contribution is 5.75. The van der Waals surface area contributed by atoms with Crippen molar-refractivity contribution in [1.29, 1.82) is 0 Å². The van der Waals surface area contributed by atoms with E-state index in [1.54, 1.807) is 0 Å². The van der Waals surface area contributed by atoms with E-state index in [1.807, 2.05) is 0 Å². The van der Waals surface area contributed by atoms with Gasteiger partial charge in [0.2, 0.25) is 0 Å². The average Bonchev–Trinajstić information content (AvgIpc) is 2.31. The summed E-state index contributed by atoms with van der Waals surface area (Å²) >= 11 is 0. The Morgan fingerprint density at radius 3 is 2.53 bits per heavy atom. The summed E-state index contributed by atoms with van der Waals surface area (Å²) in [6, 6.07) is 6.85. The van der Waals surface area contributed by atoms with Crippen LogP contribution < -0.4 is 5.73 Å². The lowest BCUT2D eigenvalue weighted by Gasteiger charge is -2.08. The van der Waals surface area contributed by atoms with Crippen LogP contribution in [0.4, 0.5) is 14.5 Å². The number of anilines is 1. The maximum atomic E-state index is 13.6. The van der Waals surface area contributed by atoms with E-state index in [0.717, 1.165) is 0 Å². The lowest BCUT2D eigenvalue weighted by atomic mass is 10.1. The predicted octanol–water partition coefficient (Wildman–Crippen LogP) is 3.25. The Hall–Kier alpha value is -2.23. The largest absolute Gasteiger partial charge is 0.398 e. The Balaban J connectivity index is 2.71. The van der Waals surface area contributed by atoms with Gasteiger partial charge in [-0.3, -0.25) is 0 Å². The van der Waals surface area contributed by atoms with E-state index >= 15 is 0 Å². The monoisotopic (exact) mass is 232 g/mol. The molecule has 0 radical (unpaired) electrons. The van der Waals surface area contributed by atoms with Gasteiger partial charge in [0.1, 0.15) is 17.3 Å². The zero-order valence-corrected chi connectivity index (χ0v) is 8.95. The van der Waals surface area contributed by atoms with Gasteiger partial charge in [-0.15, -0.1) is 0 Å². The quantitative estimate of drug-likeness (QED) is 0.807. The molecule has 2 N–H and O–H groups in total. The van der Waals surface area contributed by atoms with Crippen LogP contribution in [0.15, 0.2) is 36.9 Å². The summed E-state index contributed by atoms with van der Waals surface area (Å²) < 4.78 is 27.3. The fourth-order valence-electron chi connectivity index (χ4n) is 1.54. The average molecular weight is 232 g/mol. The molecule has 0 unspecified atom stereocenters.